The molecule has 3 nitrogen and oxygen atoms in total. The zero-order chi connectivity index (χ0) is 15.2. The standard InChI is InChI=1S/C16H18ClFN2O/c1-11(2)9-19-10-12-8-13(6-7-20-12)21-15-5-3-4-14(17)16(15)18/h3-8,11,19H,9-10H2,1-2H3. The molecule has 5 heteroatoms. The number of aromatic nitrogens is 1. The first kappa shape index (κ1) is 15.7. The first-order valence-corrected chi connectivity index (χ1v) is 7.21. The van der Waals surface area contributed by atoms with Crippen LogP contribution in [-0.2, 0) is 6.54 Å². The van der Waals surface area contributed by atoms with Crippen LogP contribution in [0.15, 0.2) is 36.5 Å². The lowest BCUT2D eigenvalue weighted by atomic mass is 10.2. The van der Waals surface area contributed by atoms with E-state index in [0.717, 1.165) is 12.2 Å². The van der Waals surface area contributed by atoms with Crippen LogP contribution in [-0.4, -0.2) is 11.5 Å². The first-order valence-electron chi connectivity index (χ1n) is 6.84. The minimum absolute atomic E-state index is 0.0420. The average Bonchev–Trinajstić information content (AvgIpc) is 2.44. The highest BCUT2D eigenvalue weighted by Gasteiger charge is 2.09. The van der Waals surface area contributed by atoms with Gasteiger partial charge in [-0.3, -0.25) is 4.98 Å². The minimum Gasteiger partial charge on any atom is -0.454 e. The topological polar surface area (TPSA) is 34.1 Å². The molecule has 0 unspecified atom stereocenters. The molecule has 0 radical (unpaired) electrons. The van der Waals surface area contributed by atoms with Crippen LogP contribution in [0.5, 0.6) is 11.5 Å². The number of rotatable bonds is 6. The van der Waals surface area contributed by atoms with Crippen LogP contribution in [0.2, 0.25) is 5.02 Å². The zero-order valence-corrected chi connectivity index (χ0v) is 12.8. The number of halogens is 2. The van der Waals surface area contributed by atoms with E-state index in [1.54, 1.807) is 30.5 Å². The van der Waals surface area contributed by atoms with Crippen LogP contribution >= 0.6 is 11.6 Å². The van der Waals surface area contributed by atoms with Gasteiger partial charge in [0, 0.05) is 18.8 Å². The van der Waals surface area contributed by atoms with Crippen molar-refractivity contribution in [1.29, 1.82) is 0 Å². The zero-order valence-electron chi connectivity index (χ0n) is 12.1. The van der Waals surface area contributed by atoms with Crippen molar-refractivity contribution in [3.63, 3.8) is 0 Å². The van der Waals surface area contributed by atoms with Gasteiger partial charge >= 0.3 is 0 Å². The molecule has 112 valence electrons. The summed E-state index contributed by atoms with van der Waals surface area (Å²) >= 11 is 5.73. The SMILES string of the molecule is CC(C)CNCc1cc(Oc2cccc(Cl)c2F)ccn1. The summed E-state index contributed by atoms with van der Waals surface area (Å²) in [5.74, 6) is 0.655. The molecule has 0 aliphatic heterocycles. The van der Waals surface area contributed by atoms with Crippen molar-refractivity contribution in [2.24, 2.45) is 5.92 Å². The Balaban J connectivity index is 2.05. The van der Waals surface area contributed by atoms with E-state index in [9.17, 15) is 4.39 Å². The number of hydrogen-bond acceptors (Lipinski definition) is 3. The Kier molecular flexibility index (Phi) is 5.53. The summed E-state index contributed by atoms with van der Waals surface area (Å²) in [6.07, 6.45) is 1.64. The van der Waals surface area contributed by atoms with Crippen molar-refractivity contribution >= 4 is 11.6 Å². The smallest absolute Gasteiger partial charge is 0.184 e. The van der Waals surface area contributed by atoms with Crippen molar-refractivity contribution in [3.8, 4) is 11.5 Å². The summed E-state index contributed by atoms with van der Waals surface area (Å²) in [7, 11) is 0. The number of benzene rings is 1. The quantitative estimate of drug-likeness (QED) is 0.858. The molecule has 0 fully saturated rings. The maximum absolute atomic E-state index is 13.8. The molecule has 2 rings (SSSR count). The van der Waals surface area contributed by atoms with Crippen LogP contribution < -0.4 is 10.1 Å². The van der Waals surface area contributed by atoms with E-state index in [0.29, 0.717) is 18.2 Å². The Morgan fingerprint density at radius 1 is 1.33 bits per heavy atom. The molecule has 1 aromatic carbocycles. The summed E-state index contributed by atoms with van der Waals surface area (Å²) in [5.41, 5.74) is 0.843. The molecule has 0 saturated carbocycles. The average molecular weight is 309 g/mol. The highest BCUT2D eigenvalue weighted by atomic mass is 35.5. The number of nitrogens with one attached hydrogen (secondary N) is 1. The van der Waals surface area contributed by atoms with Gasteiger partial charge in [0.25, 0.3) is 0 Å². The molecule has 0 spiro atoms. The van der Waals surface area contributed by atoms with Crippen LogP contribution in [0.25, 0.3) is 0 Å². The molecule has 21 heavy (non-hydrogen) atoms. The van der Waals surface area contributed by atoms with Crippen LogP contribution in [0.3, 0.4) is 0 Å². The van der Waals surface area contributed by atoms with Crippen molar-refractivity contribution in [3.05, 3.63) is 53.1 Å². The van der Waals surface area contributed by atoms with Gasteiger partial charge in [-0.05, 0) is 30.7 Å². The maximum atomic E-state index is 13.8. The molecule has 0 bridgehead atoms. The molecule has 0 saturated heterocycles. The predicted octanol–water partition coefficient (Wildman–Crippen LogP) is 4.41. The monoisotopic (exact) mass is 308 g/mol. The fraction of sp³-hybridized carbons (Fsp3) is 0.312. The molecule has 0 amide bonds. The van der Waals surface area contributed by atoms with E-state index in [1.807, 2.05) is 0 Å². The summed E-state index contributed by atoms with van der Waals surface area (Å²) in [6.45, 7) is 5.84. The molecule has 0 aliphatic carbocycles. The van der Waals surface area contributed by atoms with E-state index in [2.05, 4.69) is 24.1 Å². The Labute approximate surface area is 129 Å². The van der Waals surface area contributed by atoms with E-state index in [1.165, 1.54) is 6.07 Å². The molecule has 1 aromatic heterocycles. The fourth-order valence-corrected chi connectivity index (χ4v) is 1.96. The number of ether oxygens (including phenoxy) is 1. The van der Waals surface area contributed by atoms with Gasteiger partial charge < -0.3 is 10.1 Å². The van der Waals surface area contributed by atoms with Gasteiger partial charge in [0.2, 0.25) is 0 Å². The molecule has 0 aliphatic rings. The van der Waals surface area contributed by atoms with Gasteiger partial charge in [-0.1, -0.05) is 31.5 Å². The lowest BCUT2D eigenvalue weighted by molar-refractivity contribution is 0.440. The molecule has 1 N–H and O–H groups in total. The van der Waals surface area contributed by atoms with E-state index in [-0.39, 0.29) is 10.8 Å². The number of nitrogens with zero attached hydrogens (tertiary/aromatic N) is 1. The van der Waals surface area contributed by atoms with Gasteiger partial charge in [0.05, 0.1) is 10.7 Å². The second-order valence-corrected chi connectivity index (χ2v) is 5.57. The highest BCUT2D eigenvalue weighted by Crippen LogP contribution is 2.28. The third-order valence-electron chi connectivity index (χ3n) is 2.79. The van der Waals surface area contributed by atoms with Gasteiger partial charge in [-0.25, -0.2) is 4.39 Å². The van der Waals surface area contributed by atoms with E-state index < -0.39 is 5.82 Å². The lowest BCUT2D eigenvalue weighted by Crippen LogP contribution is -2.19. The fourth-order valence-electron chi connectivity index (χ4n) is 1.79. The summed E-state index contributed by atoms with van der Waals surface area (Å²) in [4.78, 5) is 4.26. The van der Waals surface area contributed by atoms with Crippen LogP contribution in [0.4, 0.5) is 4.39 Å². The van der Waals surface area contributed by atoms with E-state index in [4.69, 9.17) is 16.3 Å². The Hall–Kier alpha value is -1.65. The van der Waals surface area contributed by atoms with Crippen molar-refractivity contribution in [2.45, 2.75) is 20.4 Å². The Morgan fingerprint density at radius 2 is 2.14 bits per heavy atom. The third-order valence-corrected chi connectivity index (χ3v) is 3.08. The van der Waals surface area contributed by atoms with Crippen LogP contribution in [0, 0.1) is 11.7 Å². The molecule has 2 aromatic rings. The van der Waals surface area contributed by atoms with Gasteiger partial charge in [-0.15, -0.1) is 0 Å². The number of pyridine rings is 1. The molecular weight excluding hydrogens is 291 g/mol. The maximum Gasteiger partial charge on any atom is 0.184 e. The lowest BCUT2D eigenvalue weighted by Gasteiger charge is -2.10. The summed E-state index contributed by atoms with van der Waals surface area (Å²) in [5, 5.41) is 3.34. The predicted molar refractivity (Wildman–Crippen MR) is 82.3 cm³/mol. The van der Waals surface area contributed by atoms with Gasteiger partial charge in [0.15, 0.2) is 11.6 Å². The number of hydrogen-bond donors (Lipinski definition) is 1. The van der Waals surface area contributed by atoms with Crippen molar-refractivity contribution in [1.82, 2.24) is 10.3 Å². The van der Waals surface area contributed by atoms with Gasteiger partial charge in [0.1, 0.15) is 5.75 Å². The van der Waals surface area contributed by atoms with E-state index >= 15 is 0 Å². The second-order valence-electron chi connectivity index (χ2n) is 5.16. The Morgan fingerprint density at radius 3 is 2.90 bits per heavy atom. The normalized spacial score (nSPS) is 10.9. The van der Waals surface area contributed by atoms with Gasteiger partial charge in [-0.2, -0.15) is 0 Å². The minimum atomic E-state index is -0.560. The highest BCUT2D eigenvalue weighted by molar-refractivity contribution is 6.30. The second kappa shape index (κ2) is 7.38. The largest absolute Gasteiger partial charge is 0.454 e. The summed E-state index contributed by atoms with van der Waals surface area (Å²) in [6, 6.07) is 8.14. The molecule has 0 atom stereocenters. The molecular formula is C16H18ClFN2O. The van der Waals surface area contributed by atoms with Crippen LogP contribution in [0.1, 0.15) is 19.5 Å². The summed E-state index contributed by atoms with van der Waals surface area (Å²) < 4.78 is 19.3. The van der Waals surface area contributed by atoms with Crippen molar-refractivity contribution < 1.29 is 9.13 Å². The van der Waals surface area contributed by atoms with Crippen molar-refractivity contribution in [2.75, 3.05) is 6.54 Å². The Bertz CT molecular complexity index is 605. The first-order chi connectivity index (χ1) is 10.1. The molecule has 1 heterocycles. The third kappa shape index (κ3) is 4.69.